The molecule has 5 rings (SSSR count). The summed E-state index contributed by atoms with van der Waals surface area (Å²) in [4.78, 5) is 13.4. The molecule has 4 aromatic rings. The van der Waals surface area contributed by atoms with Crippen LogP contribution in [0.2, 0.25) is 0 Å². The van der Waals surface area contributed by atoms with E-state index in [1.54, 1.807) is 25.2 Å². The van der Waals surface area contributed by atoms with Gasteiger partial charge in [-0.2, -0.15) is 10.1 Å². The van der Waals surface area contributed by atoms with Gasteiger partial charge in [0.1, 0.15) is 4.90 Å². The molecule has 10 nitrogen and oxygen atoms in total. The molecule has 1 N–H and O–H groups in total. The van der Waals surface area contributed by atoms with Crippen molar-refractivity contribution in [1.29, 1.82) is 0 Å². The summed E-state index contributed by atoms with van der Waals surface area (Å²) in [5, 5.41) is 3.97. The lowest BCUT2D eigenvalue weighted by molar-refractivity contribution is 0.311. The van der Waals surface area contributed by atoms with Gasteiger partial charge in [0.2, 0.25) is 11.8 Å². The van der Waals surface area contributed by atoms with Gasteiger partial charge in [0.05, 0.1) is 17.6 Å². The summed E-state index contributed by atoms with van der Waals surface area (Å²) in [5.74, 6) is -0.204. The van der Waals surface area contributed by atoms with Crippen LogP contribution in [0.3, 0.4) is 0 Å². The zero-order valence-electron chi connectivity index (χ0n) is 25.2. The highest BCUT2D eigenvalue weighted by molar-refractivity contribution is 7.92. The number of anilines is 2. The lowest BCUT2D eigenvalue weighted by atomic mass is 9.94. The van der Waals surface area contributed by atoms with Gasteiger partial charge in [0, 0.05) is 50.6 Å². The Morgan fingerprint density at radius 1 is 1.02 bits per heavy atom. The molecule has 12 heteroatoms. The van der Waals surface area contributed by atoms with E-state index in [1.165, 1.54) is 17.1 Å². The fourth-order valence-corrected chi connectivity index (χ4v) is 6.12. The van der Waals surface area contributed by atoms with E-state index in [4.69, 9.17) is 9.72 Å². The van der Waals surface area contributed by atoms with Crippen LogP contribution in [0.5, 0.6) is 11.6 Å². The molecule has 228 valence electrons. The minimum atomic E-state index is -4.06. The molecule has 0 radical (unpaired) electrons. The maximum Gasteiger partial charge on any atom is 0.267 e. The molecule has 43 heavy (non-hydrogen) atoms. The van der Waals surface area contributed by atoms with Crippen LogP contribution in [-0.4, -0.2) is 66.3 Å². The van der Waals surface area contributed by atoms with Crippen molar-refractivity contribution in [2.45, 2.75) is 38.5 Å². The van der Waals surface area contributed by atoms with Crippen LogP contribution in [0.4, 0.5) is 16.0 Å². The van der Waals surface area contributed by atoms with Crippen molar-refractivity contribution in [1.82, 2.24) is 24.6 Å². The number of nitrogens with zero attached hydrogens (tertiary/aromatic N) is 6. The summed E-state index contributed by atoms with van der Waals surface area (Å²) in [7, 11) is -0.384. The maximum atomic E-state index is 16.0. The Balaban J connectivity index is 1.62. The van der Waals surface area contributed by atoms with Crippen LogP contribution < -0.4 is 14.4 Å². The summed E-state index contributed by atoms with van der Waals surface area (Å²) in [6.07, 6.45) is 3.89. The number of hydrogen-bond donors (Lipinski definition) is 1. The van der Waals surface area contributed by atoms with E-state index in [1.807, 2.05) is 43.1 Å². The summed E-state index contributed by atoms with van der Waals surface area (Å²) in [6.45, 7) is 9.26. The van der Waals surface area contributed by atoms with E-state index in [0.717, 1.165) is 30.6 Å². The highest BCUT2D eigenvalue weighted by atomic mass is 32.2. The summed E-state index contributed by atoms with van der Waals surface area (Å²) >= 11 is 0. The van der Waals surface area contributed by atoms with Gasteiger partial charge in [-0.1, -0.05) is 51.1 Å². The third kappa shape index (κ3) is 6.80. The van der Waals surface area contributed by atoms with Crippen molar-refractivity contribution in [3.8, 4) is 22.9 Å². The van der Waals surface area contributed by atoms with Crippen LogP contribution >= 0.6 is 0 Å². The second-order valence-electron chi connectivity index (χ2n) is 11.2. The molecule has 1 saturated heterocycles. The molecular weight excluding hydrogens is 569 g/mol. The van der Waals surface area contributed by atoms with Crippen molar-refractivity contribution in [3.63, 3.8) is 0 Å². The molecule has 0 amide bonds. The fourth-order valence-electron chi connectivity index (χ4n) is 5.19. The van der Waals surface area contributed by atoms with E-state index >= 15 is 4.39 Å². The zero-order valence-corrected chi connectivity index (χ0v) is 26.0. The Hall–Kier alpha value is -4.03. The highest BCUT2D eigenvalue weighted by Gasteiger charge is 2.25. The maximum absolute atomic E-state index is 16.0. The molecule has 2 aromatic carbocycles. The predicted octanol–water partition coefficient (Wildman–Crippen LogP) is 5.12. The standard InChI is InChI=1S/C31H38FN7O3S/c1-6-24-29(25-11-8-7-10-22(25)18-21(2)3)34-31(36-43(40,41)23-19-33-38(5)20-23)35-30(24)42-27-13-9-12-26(28(27)32)39-16-14-37(4)15-17-39/h7-13,19-21H,6,14-18H2,1-5H3,(H,34,35,36). The Morgan fingerprint density at radius 2 is 1.77 bits per heavy atom. The minimum absolute atomic E-state index is 0.00677. The topological polar surface area (TPSA) is 105 Å². The molecule has 0 unspecified atom stereocenters. The Labute approximate surface area is 252 Å². The predicted molar refractivity (Wildman–Crippen MR) is 166 cm³/mol. The smallest absolute Gasteiger partial charge is 0.267 e. The number of nitrogens with one attached hydrogen (secondary N) is 1. The Morgan fingerprint density at radius 3 is 2.44 bits per heavy atom. The van der Waals surface area contributed by atoms with E-state index in [2.05, 4.69) is 33.6 Å². The number of ether oxygens (including phenoxy) is 1. The van der Waals surface area contributed by atoms with Gasteiger partial charge in [-0.3, -0.25) is 4.68 Å². The van der Waals surface area contributed by atoms with E-state index in [-0.39, 0.29) is 22.5 Å². The number of sulfonamides is 1. The first kappa shape index (κ1) is 30.4. The van der Waals surface area contributed by atoms with Crippen molar-refractivity contribution >= 4 is 21.7 Å². The van der Waals surface area contributed by atoms with Gasteiger partial charge in [-0.15, -0.1) is 0 Å². The molecule has 1 aliphatic rings. The molecule has 0 aliphatic carbocycles. The number of aryl methyl sites for hydroxylation is 1. The second kappa shape index (κ2) is 12.7. The molecule has 3 heterocycles. The lowest BCUT2D eigenvalue weighted by Crippen LogP contribution is -2.44. The molecule has 1 aliphatic heterocycles. The van der Waals surface area contributed by atoms with E-state index in [9.17, 15) is 8.42 Å². The average molecular weight is 608 g/mol. The molecule has 0 saturated carbocycles. The van der Waals surface area contributed by atoms with Gasteiger partial charge >= 0.3 is 0 Å². The van der Waals surface area contributed by atoms with Crippen molar-refractivity contribution < 1.29 is 17.5 Å². The lowest BCUT2D eigenvalue weighted by Gasteiger charge is -2.34. The van der Waals surface area contributed by atoms with Gasteiger partial charge in [0.15, 0.2) is 11.6 Å². The van der Waals surface area contributed by atoms with Crippen LogP contribution in [0.1, 0.15) is 31.9 Å². The quantitative estimate of drug-likeness (QED) is 0.265. The van der Waals surface area contributed by atoms with Gasteiger partial charge < -0.3 is 14.5 Å². The molecule has 0 spiro atoms. The molecule has 2 aromatic heterocycles. The average Bonchev–Trinajstić information content (AvgIpc) is 3.42. The zero-order chi connectivity index (χ0) is 30.7. The van der Waals surface area contributed by atoms with Gasteiger partial charge in [0.25, 0.3) is 10.0 Å². The van der Waals surface area contributed by atoms with Crippen molar-refractivity contribution in [2.24, 2.45) is 13.0 Å². The molecular formula is C31H38FN7O3S. The number of likely N-dealkylation sites (N-methyl/N-ethyl adjacent to an activating group) is 1. The van der Waals surface area contributed by atoms with E-state index < -0.39 is 15.8 Å². The third-order valence-corrected chi connectivity index (χ3v) is 8.72. The number of piperazine rings is 1. The van der Waals surface area contributed by atoms with Crippen LogP contribution in [0.25, 0.3) is 11.3 Å². The second-order valence-corrected chi connectivity index (χ2v) is 12.9. The van der Waals surface area contributed by atoms with Gasteiger partial charge in [-0.25, -0.2) is 22.5 Å². The minimum Gasteiger partial charge on any atom is -0.435 e. The number of halogens is 1. The van der Waals surface area contributed by atoms with Crippen molar-refractivity contribution in [3.05, 3.63) is 71.8 Å². The number of rotatable bonds is 10. The first-order chi connectivity index (χ1) is 20.6. The SMILES string of the molecule is CCc1c(Oc2cccc(N3CCN(C)CC3)c2F)nc(NS(=O)(=O)c2cnn(C)c2)nc1-c1ccccc1CC(C)C. The Bertz CT molecular complexity index is 1700. The summed E-state index contributed by atoms with van der Waals surface area (Å²) < 4.78 is 52.5. The molecule has 1 fully saturated rings. The van der Waals surface area contributed by atoms with E-state index in [0.29, 0.717) is 42.4 Å². The first-order valence-electron chi connectivity index (χ1n) is 14.5. The van der Waals surface area contributed by atoms with Crippen molar-refractivity contribution in [2.75, 3.05) is 42.8 Å². The van der Waals surface area contributed by atoms with Crippen LogP contribution in [0, 0.1) is 11.7 Å². The van der Waals surface area contributed by atoms with Crippen LogP contribution in [0.15, 0.2) is 59.8 Å². The normalized spacial score (nSPS) is 14.3. The largest absolute Gasteiger partial charge is 0.435 e. The third-order valence-electron chi connectivity index (χ3n) is 7.43. The fraction of sp³-hybridized carbons (Fsp3) is 0.387. The summed E-state index contributed by atoms with van der Waals surface area (Å²) in [5.41, 5.74) is 3.53. The number of hydrogen-bond acceptors (Lipinski definition) is 8. The number of aromatic nitrogens is 4. The highest BCUT2D eigenvalue weighted by Crippen LogP contribution is 2.37. The summed E-state index contributed by atoms with van der Waals surface area (Å²) in [6, 6.07) is 12.9. The van der Waals surface area contributed by atoms with Gasteiger partial charge in [-0.05, 0) is 43.5 Å². The molecule has 0 atom stereocenters. The number of benzene rings is 2. The molecule has 0 bridgehead atoms. The first-order valence-corrected chi connectivity index (χ1v) is 15.9. The Kier molecular flexibility index (Phi) is 8.97. The van der Waals surface area contributed by atoms with Crippen LogP contribution in [-0.2, 0) is 29.9 Å². The monoisotopic (exact) mass is 607 g/mol.